The summed E-state index contributed by atoms with van der Waals surface area (Å²) >= 11 is 0. The van der Waals surface area contributed by atoms with Gasteiger partial charge in [0.2, 0.25) is 0 Å². The first-order chi connectivity index (χ1) is 11.9. The fraction of sp³-hybridized carbons (Fsp3) is 1.00. The van der Waals surface area contributed by atoms with E-state index in [4.69, 9.17) is 0 Å². The SMILES string of the molecule is CCCCCC(CCCCCCCCCCCCC(C)O)S(=O)(=O)[O-].[Na+]. The second kappa shape index (κ2) is 19.2. The average Bonchev–Trinajstić information content (AvgIpc) is 2.52. The number of aliphatic hydroxyl groups is 1. The number of rotatable bonds is 18. The zero-order chi connectivity index (χ0) is 19.0. The third kappa shape index (κ3) is 19.6. The molecule has 0 spiro atoms. The minimum Gasteiger partial charge on any atom is -0.748 e. The van der Waals surface area contributed by atoms with Gasteiger partial charge in [0, 0.05) is 5.25 Å². The topological polar surface area (TPSA) is 77.4 Å². The molecule has 0 aliphatic carbocycles. The summed E-state index contributed by atoms with van der Waals surface area (Å²) in [4.78, 5) is 0. The molecule has 1 N–H and O–H groups in total. The van der Waals surface area contributed by atoms with Crippen LogP contribution in [0.4, 0.5) is 0 Å². The minimum atomic E-state index is -4.13. The molecule has 0 aromatic heterocycles. The maximum Gasteiger partial charge on any atom is 1.00 e. The summed E-state index contributed by atoms with van der Waals surface area (Å²) in [6.07, 6.45) is 16.4. The average molecular weight is 401 g/mol. The van der Waals surface area contributed by atoms with Crippen molar-refractivity contribution >= 4 is 10.1 Å². The van der Waals surface area contributed by atoms with E-state index < -0.39 is 15.4 Å². The minimum absolute atomic E-state index is 0. The molecule has 0 amide bonds. The van der Waals surface area contributed by atoms with Crippen LogP contribution in [0.2, 0.25) is 0 Å². The molecule has 0 saturated heterocycles. The van der Waals surface area contributed by atoms with Crippen molar-refractivity contribution in [3.05, 3.63) is 0 Å². The summed E-state index contributed by atoms with van der Waals surface area (Å²) in [5.74, 6) is 0. The van der Waals surface area contributed by atoms with Crippen LogP contribution in [-0.2, 0) is 10.1 Å². The Hall–Kier alpha value is 0.870. The van der Waals surface area contributed by atoms with Crippen molar-refractivity contribution in [3.63, 3.8) is 0 Å². The Morgan fingerprint density at radius 3 is 1.42 bits per heavy atom. The van der Waals surface area contributed by atoms with Gasteiger partial charge >= 0.3 is 29.6 Å². The zero-order valence-corrected chi connectivity index (χ0v) is 20.4. The van der Waals surface area contributed by atoms with E-state index in [-0.39, 0.29) is 35.7 Å². The Bertz CT molecular complexity index is 385. The molecule has 152 valence electrons. The summed E-state index contributed by atoms with van der Waals surface area (Å²) in [5.41, 5.74) is 0. The molecule has 0 radical (unpaired) electrons. The van der Waals surface area contributed by atoms with Gasteiger partial charge in [-0.25, -0.2) is 8.42 Å². The van der Waals surface area contributed by atoms with Crippen LogP contribution in [0.3, 0.4) is 0 Å². The van der Waals surface area contributed by atoms with E-state index in [1.165, 1.54) is 38.5 Å². The van der Waals surface area contributed by atoms with Gasteiger partial charge in [0.1, 0.15) is 0 Å². The van der Waals surface area contributed by atoms with Crippen LogP contribution in [0.5, 0.6) is 0 Å². The molecule has 0 saturated carbocycles. The van der Waals surface area contributed by atoms with Gasteiger partial charge < -0.3 is 9.66 Å². The van der Waals surface area contributed by atoms with Gasteiger partial charge in [-0.2, -0.15) is 0 Å². The summed E-state index contributed by atoms with van der Waals surface area (Å²) in [7, 11) is -4.13. The van der Waals surface area contributed by atoms with Crippen LogP contribution < -0.4 is 29.6 Å². The number of aliphatic hydroxyl groups excluding tert-OH is 1. The molecule has 0 aromatic carbocycles. The van der Waals surface area contributed by atoms with Gasteiger partial charge in [-0.15, -0.1) is 0 Å². The summed E-state index contributed by atoms with van der Waals surface area (Å²) in [6, 6.07) is 0. The van der Waals surface area contributed by atoms with Crippen molar-refractivity contribution in [2.75, 3.05) is 0 Å². The third-order valence-corrected chi connectivity index (χ3v) is 6.22. The van der Waals surface area contributed by atoms with E-state index in [2.05, 4.69) is 6.92 Å². The van der Waals surface area contributed by atoms with Crippen LogP contribution in [0, 0.1) is 0 Å². The van der Waals surface area contributed by atoms with Crippen molar-refractivity contribution < 1.29 is 47.6 Å². The first-order valence-electron chi connectivity index (χ1n) is 10.5. The molecule has 2 unspecified atom stereocenters. The van der Waals surface area contributed by atoms with E-state index in [9.17, 15) is 18.1 Å². The zero-order valence-electron chi connectivity index (χ0n) is 17.5. The van der Waals surface area contributed by atoms with Gasteiger partial charge in [0.25, 0.3) is 0 Å². The monoisotopic (exact) mass is 400 g/mol. The standard InChI is InChI=1S/C20H42O4S.Na/c1-3-4-13-17-20(25(22,23)24)18-15-12-10-8-6-5-7-9-11-14-16-19(2)21;/h19-21H,3-18H2,1-2H3,(H,22,23,24);/q;+1/p-1. The number of unbranched alkanes of at least 4 members (excludes halogenated alkanes) is 11. The van der Waals surface area contributed by atoms with Crippen LogP contribution in [0.25, 0.3) is 0 Å². The molecule has 0 heterocycles. The van der Waals surface area contributed by atoms with Gasteiger partial charge in [-0.1, -0.05) is 90.4 Å². The van der Waals surface area contributed by atoms with Crippen LogP contribution in [0.1, 0.15) is 117 Å². The fourth-order valence-corrected chi connectivity index (χ4v) is 4.19. The Kier molecular flexibility index (Phi) is 21.5. The molecule has 0 aliphatic heterocycles. The van der Waals surface area contributed by atoms with Crippen LogP contribution >= 0.6 is 0 Å². The van der Waals surface area contributed by atoms with Gasteiger partial charge in [-0.05, 0) is 26.2 Å². The predicted octanol–water partition coefficient (Wildman–Crippen LogP) is 2.55. The van der Waals surface area contributed by atoms with Crippen LogP contribution in [0.15, 0.2) is 0 Å². The Balaban J connectivity index is 0. The van der Waals surface area contributed by atoms with Gasteiger partial charge in [-0.3, -0.25) is 0 Å². The van der Waals surface area contributed by atoms with Gasteiger partial charge in [0.05, 0.1) is 16.2 Å². The normalized spacial score (nSPS) is 14.0. The van der Waals surface area contributed by atoms with E-state index in [1.54, 1.807) is 0 Å². The number of hydrogen-bond donors (Lipinski definition) is 1. The first-order valence-corrected chi connectivity index (χ1v) is 12.0. The molecule has 4 nitrogen and oxygen atoms in total. The molecule has 0 aliphatic rings. The fourth-order valence-electron chi connectivity index (χ4n) is 3.28. The molecular formula is C20H41NaO4S. The summed E-state index contributed by atoms with van der Waals surface area (Å²) < 4.78 is 33.9. The van der Waals surface area contributed by atoms with Crippen molar-refractivity contribution in [1.29, 1.82) is 0 Å². The van der Waals surface area contributed by atoms with Crippen LogP contribution in [-0.4, -0.2) is 29.4 Å². The molecule has 0 rings (SSSR count). The number of hydrogen-bond acceptors (Lipinski definition) is 4. The van der Waals surface area contributed by atoms with Crippen molar-refractivity contribution in [2.24, 2.45) is 0 Å². The van der Waals surface area contributed by atoms with Gasteiger partial charge in [0.15, 0.2) is 0 Å². The Labute approximate surface area is 185 Å². The second-order valence-electron chi connectivity index (χ2n) is 7.57. The molecular weight excluding hydrogens is 359 g/mol. The van der Waals surface area contributed by atoms with E-state index in [0.717, 1.165) is 51.4 Å². The van der Waals surface area contributed by atoms with E-state index in [0.29, 0.717) is 12.8 Å². The van der Waals surface area contributed by atoms with Crippen molar-refractivity contribution in [1.82, 2.24) is 0 Å². The second-order valence-corrected chi connectivity index (χ2v) is 9.22. The molecule has 0 bridgehead atoms. The van der Waals surface area contributed by atoms with Crippen molar-refractivity contribution in [2.45, 2.75) is 128 Å². The summed E-state index contributed by atoms with van der Waals surface area (Å²) in [5, 5.41) is 8.51. The first kappa shape index (κ1) is 29.1. The smallest absolute Gasteiger partial charge is 0.748 e. The maximum atomic E-state index is 11.3. The third-order valence-electron chi connectivity index (χ3n) is 4.94. The molecule has 0 aromatic rings. The molecule has 0 fully saturated rings. The van der Waals surface area contributed by atoms with Crippen molar-refractivity contribution in [3.8, 4) is 0 Å². The largest absolute Gasteiger partial charge is 1.00 e. The molecule has 2 atom stereocenters. The Morgan fingerprint density at radius 2 is 1.08 bits per heavy atom. The molecule has 26 heavy (non-hydrogen) atoms. The quantitative estimate of drug-likeness (QED) is 0.218. The molecule has 6 heteroatoms. The Morgan fingerprint density at radius 1 is 0.731 bits per heavy atom. The van der Waals surface area contributed by atoms with E-state index >= 15 is 0 Å². The maximum absolute atomic E-state index is 11.3. The van der Waals surface area contributed by atoms with E-state index in [1.807, 2.05) is 6.92 Å². The predicted molar refractivity (Wildman–Crippen MR) is 105 cm³/mol. The summed E-state index contributed by atoms with van der Waals surface area (Å²) in [6.45, 7) is 3.93.